The van der Waals surface area contributed by atoms with Gasteiger partial charge in [0.15, 0.2) is 0 Å². The largest absolute Gasteiger partial charge is 0.385 e. The van der Waals surface area contributed by atoms with Crippen LogP contribution in [0.1, 0.15) is 17.7 Å². The van der Waals surface area contributed by atoms with Crippen molar-refractivity contribution in [1.29, 1.82) is 5.26 Å². The van der Waals surface area contributed by atoms with Crippen LogP contribution < -0.4 is 0 Å². The molecule has 142 valence electrons. The van der Waals surface area contributed by atoms with Crippen molar-refractivity contribution in [2.24, 2.45) is 0 Å². The number of hydrogen-bond acceptors (Lipinski definition) is 3. The Hall–Kier alpha value is -3.48. The Bertz CT molecular complexity index is 1160. The highest BCUT2D eigenvalue weighted by Crippen LogP contribution is 2.37. The van der Waals surface area contributed by atoms with E-state index in [1.165, 1.54) is 16.5 Å². The summed E-state index contributed by atoms with van der Waals surface area (Å²) in [5, 5.41) is 11.4. The summed E-state index contributed by atoms with van der Waals surface area (Å²) in [6, 6.07) is 28.7. The first-order valence-corrected chi connectivity index (χ1v) is 9.78. The van der Waals surface area contributed by atoms with Gasteiger partial charge >= 0.3 is 0 Å². The maximum absolute atomic E-state index is 9.12. The van der Waals surface area contributed by atoms with Gasteiger partial charge in [-0.1, -0.05) is 66.7 Å². The summed E-state index contributed by atoms with van der Waals surface area (Å²) >= 11 is 0. The van der Waals surface area contributed by atoms with Gasteiger partial charge in [-0.05, 0) is 35.9 Å². The molecular formula is C26H22N2O. The maximum Gasteiger partial charge on any atom is 0.0991 e. The van der Waals surface area contributed by atoms with Crippen LogP contribution in [0.15, 0.2) is 78.9 Å². The number of nitrogens with zero attached hydrogens (tertiary/aromatic N) is 2. The number of fused-ring (bicyclic) bond motifs is 1. The Kier molecular flexibility index (Phi) is 5.65. The molecule has 0 N–H and O–H groups in total. The van der Waals surface area contributed by atoms with Crippen molar-refractivity contribution in [3.8, 4) is 28.5 Å². The van der Waals surface area contributed by atoms with E-state index in [0.717, 1.165) is 35.2 Å². The zero-order valence-electron chi connectivity index (χ0n) is 16.4. The number of methoxy groups -OCH3 is 1. The normalized spacial score (nSPS) is 10.8. The lowest BCUT2D eigenvalue weighted by Gasteiger charge is -2.16. The monoisotopic (exact) mass is 378 g/mol. The van der Waals surface area contributed by atoms with E-state index in [-0.39, 0.29) is 0 Å². The van der Waals surface area contributed by atoms with Gasteiger partial charge in [0.1, 0.15) is 0 Å². The van der Waals surface area contributed by atoms with Crippen LogP contribution in [0.5, 0.6) is 0 Å². The zero-order valence-corrected chi connectivity index (χ0v) is 16.4. The van der Waals surface area contributed by atoms with Crippen LogP contribution >= 0.6 is 0 Å². The summed E-state index contributed by atoms with van der Waals surface area (Å²) in [4.78, 5) is 5.14. The van der Waals surface area contributed by atoms with Gasteiger partial charge in [-0.3, -0.25) is 4.98 Å². The molecule has 4 rings (SSSR count). The lowest BCUT2D eigenvalue weighted by Crippen LogP contribution is -2.01. The fraction of sp³-hybridized carbons (Fsp3) is 0.154. The van der Waals surface area contributed by atoms with Crippen molar-refractivity contribution in [3.05, 3.63) is 90.1 Å². The minimum Gasteiger partial charge on any atom is -0.385 e. The average molecular weight is 378 g/mol. The van der Waals surface area contributed by atoms with Crippen LogP contribution in [-0.4, -0.2) is 18.7 Å². The molecule has 0 saturated carbocycles. The summed E-state index contributed by atoms with van der Waals surface area (Å²) < 4.78 is 5.28. The van der Waals surface area contributed by atoms with Crippen molar-refractivity contribution in [2.45, 2.75) is 12.8 Å². The van der Waals surface area contributed by atoms with Gasteiger partial charge in [-0.15, -0.1) is 0 Å². The van der Waals surface area contributed by atoms with Gasteiger partial charge in [-0.2, -0.15) is 5.26 Å². The Labute approximate surface area is 171 Å². The molecule has 3 nitrogen and oxygen atoms in total. The van der Waals surface area contributed by atoms with Gasteiger partial charge in [-0.25, -0.2) is 0 Å². The summed E-state index contributed by atoms with van der Waals surface area (Å²) in [7, 11) is 1.73. The molecule has 0 saturated heterocycles. The molecule has 0 fully saturated rings. The van der Waals surface area contributed by atoms with Crippen molar-refractivity contribution in [2.75, 3.05) is 13.7 Å². The van der Waals surface area contributed by atoms with Gasteiger partial charge in [0.25, 0.3) is 0 Å². The van der Waals surface area contributed by atoms with Crippen molar-refractivity contribution in [3.63, 3.8) is 0 Å². The number of nitriles is 1. The highest BCUT2D eigenvalue weighted by molar-refractivity contribution is 6.04. The van der Waals surface area contributed by atoms with Crippen LogP contribution in [0.25, 0.3) is 33.2 Å². The molecular weight excluding hydrogens is 356 g/mol. The van der Waals surface area contributed by atoms with Gasteiger partial charge in [0, 0.05) is 35.9 Å². The molecule has 4 aromatic rings. The molecule has 0 aliphatic rings. The van der Waals surface area contributed by atoms with Crippen LogP contribution in [0, 0.1) is 11.3 Å². The van der Waals surface area contributed by atoms with Crippen LogP contribution in [0.4, 0.5) is 0 Å². The first kappa shape index (κ1) is 18.9. The average Bonchev–Trinajstić information content (AvgIpc) is 2.79. The quantitative estimate of drug-likeness (QED) is 0.385. The molecule has 0 bridgehead atoms. The highest BCUT2D eigenvalue weighted by Gasteiger charge is 2.16. The van der Waals surface area contributed by atoms with Crippen molar-refractivity contribution < 1.29 is 4.74 Å². The number of aromatic nitrogens is 1. The van der Waals surface area contributed by atoms with E-state index in [9.17, 15) is 0 Å². The predicted molar refractivity (Wildman–Crippen MR) is 118 cm³/mol. The molecule has 0 atom stereocenters. The molecule has 0 aliphatic carbocycles. The molecule has 1 heterocycles. The number of hydrogen-bond donors (Lipinski definition) is 0. The SMILES string of the molecule is COCCCc1nc(-c2ccc(C#N)cc2)c2ccccc2c1-c1ccccc1. The van der Waals surface area contributed by atoms with E-state index in [2.05, 4.69) is 54.6 Å². The standard InChI is InChI=1S/C26H22N2O/c1-29-17-7-12-24-25(20-8-3-2-4-9-20)22-10-5-6-11-23(22)26(28-24)21-15-13-19(18-27)14-16-21/h2-6,8-11,13-16H,7,12,17H2,1H3. The molecule has 0 radical (unpaired) electrons. The van der Waals surface area contributed by atoms with Crippen molar-refractivity contribution >= 4 is 10.8 Å². The molecule has 0 aliphatic heterocycles. The lowest BCUT2D eigenvalue weighted by molar-refractivity contribution is 0.195. The van der Waals surface area contributed by atoms with E-state index in [1.54, 1.807) is 7.11 Å². The number of benzene rings is 3. The summed E-state index contributed by atoms with van der Waals surface area (Å²) in [6.45, 7) is 0.703. The fourth-order valence-corrected chi connectivity index (χ4v) is 3.73. The summed E-state index contributed by atoms with van der Waals surface area (Å²) in [6.07, 6.45) is 1.75. The van der Waals surface area contributed by atoms with Gasteiger partial charge < -0.3 is 4.74 Å². The molecule has 0 unspecified atom stereocenters. The molecule has 1 aromatic heterocycles. The number of ether oxygens (including phenoxy) is 1. The Morgan fingerprint density at radius 3 is 2.21 bits per heavy atom. The second-order valence-electron chi connectivity index (χ2n) is 6.98. The van der Waals surface area contributed by atoms with Crippen molar-refractivity contribution in [1.82, 2.24) is 4.98 Å². The second-order valence-corrected chi connectivity index (χ2v) is 6.98. The minimum absolute atomic E-state index is 0.652. The molecule has 3 aromatic carbocycles. The van der Waals surface area contributed by atoms with E-state index >= 15 is 0 Å². The summed E-state index contributed by atoms with van der Waals surface area (Å²) in [5.74, 6) is 0. The predicted octanol–water partition coefficient (Wildman–Crippen LogP) is 6.02. The molecule has 0 spiro atoms. The van der Waals surface area contributed by atoms with E-state index < -0.39 is 0 Å². The number of aryl methyl sites for hydroxylation is 1. The third kappa shape index (κ3) is 3.89. The third-order valence-electron chi connectivity index (χ3n) is 5.10. The Balaban J connectivity index is 1.96. The lowest BCUT2D eigenvalue weighted by atomic mass is 9.92. The first-order chi connectivity index (χ1) is 14.3. The topological polar surface area (TPSA) is 45.9 Å². The Morgan fingerprint density at radius 2 is 1.52 bits per heavy atom. The van der Waals surface area contributed by atoms with Crippen LogP contribution in [0.2, 0.25) is 0 Å². The van der Waals surface area contributed by atoms with E-state index in [1.807, 2.05) is 30.3 Å². The second kappa shape index (κ2) is 8.68. The number of pyridine rings is 1. The Morgan fingerprint density at radius 1 is 0.828 bits per heavy atom. The molecule has 0 amide bonds. The highest BCUT2D eigenvalue weighted by atomic mass is 16.5. The van der Waals surface area contributed by atoms with Crippen LogP contribution in [-0.2, 0) is 11.2 Å². The molecule has 29 heavy (non-hydrogen) atoms. The zero-order chi connectivity index (χ0) is 20.1. The minimum atomic E-state index is 0.652. The van der Waals surface area contributed by atoms with Gasteiger partial charge in [0.2, 0.25) is 0 Å². The third-order valence-corrected chi connectivity index (χ3v) is 5.10. The van der Waals surface area contributed by atoms with Crippen LogP contribution in [0.3, 0.4) is 0 Å². The summed E-state index contributed by atoms with van der Waals surface area (Å²) in [5.41, 5.74) is 6.07. The van der Waals surface area contributed by atoms with Gasteiger partial charge in [0.05, 0.1) is 17.3 Å². The fourth-order valence-electron chi connectivity index (χ4n) is 3.73. The molecule has 3 heteroatoms. The van der Waals surface area contributed by atoms with E-state index in [4.69, 9.17) is 15.0 Å². The smallest absolute Gasteiger partial charge is 0.0991 e. The maximum atomic E-state index is 9.12. The van der Waals surface area contributed by atoms with E-state index in [0.29, 0.717) is 12.2 Å². The first-order valence-electron chi connectivity index (χ1n) is 9.78. The number of rotatable bonds is 6.